The van der Waals surface area contributed by atoms with Crippen LogP contribution < -0.4 is 15.0 Å². The topological polar surface area (TPSA) is 58.6 Å². The molecule has 0 saturated carbocycles. The van der Waals surface area contributed by atoms with Gasteiger partial charge in [0.25, 0.3) is 0 Å². The van der Waals surface area contributed by atoms with Crippen LogP contribution in [0.1, 0.15) is 24.0 Å². The second kappa shape index (κ2) is 6.83. The summed E-state index contributed by atoms with van der Waals surface area (Å²) in [4.78, 5) is 26.7. The molecule has 4 rings (SSSR count). The van der Waals surface area contributed by atoms with Gasteiger partial charge in [0, 0.05) is 30.4 Å². The van der Waals surface area contributed by atoms with Crippen molar-refractivity contribution in [3.63, 3.8) is 0 Å². The molecule has 0 aromatic heterocycles. The third-order valence-corrected chi connectivity index (χ3v) is 5.23. The highest BCUT2D eigenvalue weighted by Gasteiger charge is 2.35. The average molecular weight is 350 g/mol. The second-order valence-electron chi connectivity index (χ2n) is 6.93. The summed E-state index contributed by atoms with van der Waals surface area (Å²) in [5, 5.41) is 2.99. The standard InChI is InChI=1S/C21H22N2O3/c1-26-19-7-3-6-18(12-19)23-13-16(11-20(23)24)21(25)22-17-9-8-14-4-2-5-15(14)10-17/h3,6-10,12,16H,2,4-5,11,13H2,1H3,(H,22,25). The van der Waals surface area contributed by atoms with Crippen molar-refractivity contribution in [3.8, 4) is 5.75 Å². The van der Waals surface area contributed by atoms with E-state index >= 15 is 0 Å². The summed E-state index contributed by atoms with van der Waals surface area (Å²) in [6.07, 6.45) is 3.61. The van der Waals surface area contributed by atoms with E-state index in [1.807, 2.05) is 30.3 Å². The number of ether oxygens (including phenoxy) is 1. The Bertz CT molecular complexity index is 862. The van der Waals surface area contributed by atoms with E-state index in [0.717, 1.165) is 24.2 Å². The molecule has 5 nitrogen and oxygen atoms in total. The summed E-state index contributed by atoms with van der Waals surface area (Å²) in [6, 6.07) is 13.5. The number of methoxy groups -OCH3 is 1. The van der Waals surface area contributed by atoms with Gasteiger partial charge in [-0.15, -0.1) is 0 Å². The maximum Gasteiger partial charge on any atom is 0.229 e. The molecule has 2 amide bonds. The van der Waals surface area contributed by atoms with E-state index in [9.17, 15) is 9.59 Å². The van der Waals surface area contributed by atoms with Gasteiger partial charge >= 0.3 is 0 Å². The molecule has 2 aliphatic rings. The summed E-state index contributed by atoms with van der Waals surface area (Å²) in [6.45, 7) is 0.392. The fourth-order valence-electron chi connectivity index (χ4n) is 3.81. The summed E-state index contributed by atoms with van der Waals surface area (Å²) in [5.74, 6) is 0.220. The zero-order valence-electron chi connectivity index (χ0n) is 14.8. The van der Waals surface area contributed by atoms with Gasteiger partial charge in [-0.25, -0.2) is 0 Å². The zero-order valence-corrected chi connectivity index (χ0v) is 14.8. The number of fused-ring (bicyclic) bond motifs is 1. The molecule has 5 heteroatoms. The molecule has 26 heavy (non-hydrogen) atoms. The molecular weight excluding hydrogens is 328 g/mol. The van der Waals surface area contributed by atoms with Gasteiger partial charge in [-0.3, -0.25) is 9.59 Å². The van der Waals surface area contributed by atoms with Crippen molar-refractivity contribution in [2.45, 2.75) is 25.7 Å². The van der Waals surface area contributed by atoms with Crippen LogP contribution in [0.25, 0.3) is 0 Å². The third kappa shape index (κ3) is 3.17. The van der Waals surface area contributed by atoms with Crippen LogP contribution in [-0.2, 0) is 22.4 Å². The predicted octanol–water partition coefficient (Wildman–Crippen LogP) is 3.18. The van der Waals surface area contributed by atoms with Crippen molar-refractivity contribution in [1.29, 1.82) is 0 Å². The van der Waals surface area contributed by atoms with Gasteiger partial charge in [0.15, 0.2) is 0 Å². The maximum absolute atomic E-state index is 12.6. The summed E-state index contributed by atoms with van der Waals surface area (Å²) < 4.78 is 5.22. The first-order chi connectivity index (χ1) is 12.6. The minimum atomic E-state index is -0.345. The normalized spacial score (nSPS) is 18.7. The van der Waals surface area contributed by atoms with Crippen molar-refractivity contribution < 1.29 is 14.3 Å². The average Bonchev–Trinajstić information content (AvgIpc) is 3.27. The lowest BCUT2D eigenvalue weighted by Gasteiger charge is -2.17. The second-order valence-corrected chi connectivity index (χ2v) is 6.93. The van der Waals surface area contributed by atoms with Gasteiger partial charge in [-0.1, -0.05) is 12.1 Å². The SMILES string of the molecule is COc1cccc(N2CC(C(=O)Nc3ccc4c(c3)CCC4)CC2=O)c1. The first-order valence-corrected chi connectivity index (χ1v) is 9.01. The van der Waals surface area contributed by atoms with Gasteiger partial charge in [0.1, 0.15) is 5.75 Å². The Kier molecular flexibility index (Phi) is 4.37. The van der Waals surface area contributed by atoms with Gasteiger partial charge in [-0.2, -0.15) is 0 Å². The molecule has 0 radical (unpaired) electrons. The molecule has 0 spiro atoms. The number of nitrogens with zero attached hydrogens (tertiary/aromatic N) is 1. The molecule has 1 fully saturated rings. The van der Waals surface area contributed by atoms with E-state index < -0.39 is 0 Å². The third-order valence-electron chi connectivity index (χ3n) is 5.23. The van der Waals surface area contributed by atoms with Crippen LogP contribution in [-0.4, -0.2) is 25.5 Å². The van der Waals surface area contributed by atoms with Gasteiger partial charge in [0.2, 0.25) is 11.8 Å². The van der Waals surface area contributed by atoms with E-state index in [2.05, 4.69) is 17.4 Å². The van der Waals surface area contributed by atoms with Crippen LogP contribution in [0.3, 0.4) is 0 Å². The van der Waals surface area contributed by atoms with Gasteiger partial charge in [0.05, 0.1) is 13.0 Å². The Morgan fingerprint density at radius 1 is 1.15 bits per heavy atom. The lowest BCUT2D eigenvalue weighted by atomic mass is 10.1. The van der Waals surface area contributed by atoms with Crippen LogP contribution in [0.4, 0.5) is 11.4 Å². The largest absolute Gasteiger partial charge is 0.497 e. The highest BCUT2D eigenvalue weighted by molar-refractivity contribution is 6.03. The molecule has 1 saturated heterocycles. The number of rotatable bonds is 4. The summed E-state index contributed by atoms with van der Waals surface area (Å²) in [5.41, 5.74) is 4.29. The summed E-state index contributed by atoms with van der Waals surface area (Å²) in [7, 11) is 1.60. The molecule has 0 bridgehead atoms. The van der Waals surface area contributed by atoms with E-state index in [-0.39, 0.29) is 24.2 Å². The zero-order chi connectivity index (χ0) is 18.1. The van der Waals surface area contributed by atoms with E-state index in [0.29, 0.717) is 12.3 Å². The molecule has 1 atom stereocenters. The lowest BCUT2D eigenvalue weighted by Crippen LogP contribution is -2.28. The van der Waals surface area contributed by atoms with Crippen LogP contribution in [0.2, 0.25) is 0 Å². The van der Waals surface area contributed by atoms with Crippen molar-refractivity contribution in [1.82, 2.24) is 0 Å². The Morgan fingerprint density at radius 3 is 2.85 bits per heavy atom. The van der Waals surface area contributed by atoms with Gasteiger partial charge in [-0.05, 0) is 54.7 Å². The van der Waals surface area contributed by atoms with Crippen molar-refractivity contribution in [2.75, 3.05) is 23.9 Å². The van der Waals surface area contributed by atoms with Crippen molar-refractivity contribution in [2.24, 2.45) is 5.92 Å². The first-order valence-electron chi connectivity index (χ1n) is 9.01. The highest BCUT2D eigenvalue weighted by atomic mass is 16.5. The minimum Gasteiger partial charge on any atom is -0.497 e. The fraction of sp³-hybridized carbons (Fsp3) is 0.333. The van der Waals surface area contributed by atoms with Crippen molar-refractivity contribution >= 4 is 23.2 Å². The molecule has 2 aromatic carbocycles. The van der Waals surface area contributed by atoms with Gasteiger partial charge < -0.3 is 15.0 Å². The molecule has 1 unspecified atom stereocenters. The Hall–Kier alpha value is -2.82. The van der Waals surface area contributed by atoms with Crippen LogP contribution >= 0.6 is 0 Å². The molecule has 1 N–H and O–H groups in total. The molecule has 1 heterocycles. The summed E-state index contributed by atoms with van der Waals surface area (Å²) >= 11 is 0. The number of aryl methyl sites for hydroxylation is 2. The van der Waals surface area contributed by atoms with Crippen LogP contribution in [0.5, 0.6) is 5.75 Å². The Balaban J connectivity index is 1.45. The number of nitrogens with one attached hydrogen (secondary N) is 1. The smallest absolute Gasteiger partial charge is 0.229 e. The number of carbonyl (C=O) groups excluding carboxylic acids is 2. The first kappa shape index (κ1) is 16.6. The Labute approximate surface area is 153 Å². The molecular formula is C21H22N2O3. The van der Waals surface area contributed by atoms with E-state index in [1.54, 1.807) is 12.0 Å². The fourth-order valence-corrected chi connectivity index (χ4v) is 3.81. The highest BCUT2D eigenvalue weighted by Crippen LogP contribution is 2.29. The number of benzene rings is 2. The van der Waals surface area contributed by atoms with E-state index in [1.165, 1.54) is 17.5 Å². The van der Waals surface area contributed by atoms with Crippen molar-refractivity contribution in [3.05, 3.63) is 53.6 Å². The quantitative estimate of drug-likeness (QED) is 0.921. The number of hydrogen-bond donors (Lipinski definition) is 1. The number of anilines is 2. The molecule has 1 aliphatic heterocycles. The Morgan fingerprint density at radius 2 is 2.00 bits per heavy atom. The maximum atomic E-state index is 12.6. The molecule has 2 aromatic rings. The lowest BCUT2D eigenvalue weighted by molar-refractivity contribution is -0.122. The monoisotopic (exact) mass is 350 g/mol. The number of carbonyl (C=O) groups is 2. The minimum absolute atomic E-state index is 0.0349. The van der Waals surface area contributed by atoms with E-state index in [4.69, 9.17) is 4.74 Å². The predicted molar refractivity (Wildman–Crippen MR) is 101 cm³/mol. The number of hydrogen-bond acceptors (Lipinski definition) is 3. The van der Waals surface area contributed by atoms with Crippen LogP contribution in [0, 0.1) is 5.92 Å². The molecule has 134 valence electrons. The van der Waals surface area contributed by atoms with Crippen LogP contribution in [0.15, 0.2) is 42.5 Å². The number of amides is 2. The molecule has 1 aliphatic carbocycles.